The van der Waals surface area contributed by atoms with E-state index in [4.69, 9.17) is 5.11 Å². The average molecular weight is 313 g/mol. The SMILES string of the molecule is CC(c1ccccc1Br)N1CCN(CCO)CC1. The Morgan fingerprint density at radius 3 is 2.50 bits per heavy atom. The lowest BCUT2D eigenvalue weighted by Gasteiger charge is -2.38. The van der Waals surface area contributed by atoms with Gasteiger partial charge in [-0.25, -0.2) is 0 Å². The number of hydrogen-bond donors (Lipinski definition) is 1. The highest BCUT2D eigenvalue weighted by Crippen LogP contribution is 2.27. The molecule has 1 saturated heterocycles. The van der Waals surface area contributed by atoms with Crippen LogP contribution in [-0.2, 0) is 0 Å². The predicted molar refractivity (Wildman–Crippen MR) is 77.7 cm³/mol. The van der Waals surface area contributed by atoms with Gasteiger partial charge in [0.15, 0.2) is 0 Å². The fourth-order valence-electron chi connectivity index (χ4n) is 2.53. The van der Waals surface area contributed by atoms with Crippen LogP contribution in [0.15, 0.2) is 28.7 Å². The first kappa shape index (κ1) is 14.0. The van der Waals surface area contributed by atoms with Crippen LogP contribution in [-0.4, -0.2) is 54.2 Å². The lowest BCUT2D eigenvalue weighted by Crippen LogP contribution is -2.47. The zero-order valence-corrected chi connectivity index (χ0v) is 12.4. The molecular formula is C14H21BrN2O. The Kier molecular flexibility index (Phi) is 5.18. The van der Waals surface area contributed by atoms with Crippen LogP contribution in [0.1, 0.15) is 18.5 Å². The molecule has 1 N–H and O–H groups in total. The molecule has 4 heteroatoms. The van der Waals surface area contributed by atoms with Crippen molar-refractivity contribution in [2.75, 3.05) is 39.3 Å². The number of halogens is 1. The lowest BCUT2D eigenvalue weighted by atomic mass is 10.1. The molecule has 1 fully saturated rings. The zero-order valence-electron chi connectivity index (χ0n) is 10.8. The monoisotopic (exact) mass is 312 g/mol. The van der Waals surface area contributed by atoms with E-state index >= 15 is 0 Å². The molecule has 18 heavy (non-hydrogen) atoms. The van der Waals surface area contributed by atoms with Gasteiger partial charge in [-0.15, -0.1) is 0 Å². The number of benzene rings is 1. The number of piperazine rings is 1. The summed E-state index contributed by atoms with van der Waals surface area (Å²) in [7, 11) is 0. The Balaban J connectivity index is 1.95. The van der Waals surface area contributed by atoms with Gasteiger partial charge >= 0.3 is 0 Å². The van der Waals surface area contributed by atoms with Crippen LogP contribution in [0.25, 0.3) is 0 Å². The molecule has 0 aromatic heterocycles. The maximum absolute atomic E-state index is 8.95. The molecule has 1 unspecified atom stereocenters. The van der Waals surface area contributed by atoms with E-state index in [1.54, 1.807) is 0 Å². The molecule has 0 amide bonds. The van der Waals surface area contributed by atoms with Crippen LogP contribution in [0.3, 0.4) is 0 Å². The van der Waals surface area contributed by atoms with Gasteiger partial charge in [-0.3, -0.25) is 9.80 Å². The number of aliphatic hydroxyl groups excluding tert-OH is 1. The van der Waals surface area contributed by atoms with Crippen molar-refractivity contribution in [3.05, 3.63) is 34.3 Å². The Hall–Kier alpha value is -0.420. The molecule has 1 heterocycles. The van der Waals surface area contributed by atoms with Gasteiger partial charge in [-0.05, 0) is 18.6 Å². The molecule has 0 radical (unpaired) electrons. The molecule has 1 aromatic carbocycles. The zero-order chi connectivity index (χ0) is 13.0. The molecule has 100 valence electrons. The quantitative estimate of drug-likeness (QED) is 0.922. The van der Waals surface area contributed by atoms with Gasteiger partial charge < -0.3 is 5.11 Å². The van der Waals surface area contributed by atoms with Crippen LogP contribution in [0.5, 0.6) is 0 Å². The second kappa shape index (κ2) is 6.66. The smallest absolute Gasteiger partial charge is 0.0558 e. The van der Waals surface area contributed by atoms with Gasteiger partial charge in [-0.1, -0.05) is 34.1 Å². The minimum atomic E-state index is 0.264. The Morgan fingerprint density at radius 1 is 1.22 bits per heavy atom. The first-order valence-electron chi connectivity index (χ1n) is 6.54. The van der Waals surface area contributed by atoms with Crippen molar-refractivity contribution in [3.8, 4) is 0 Å². The fraction of sp³-hybridized carbons (Fsp3) is 0.571. The molecule has 1 aliphatic heterocycles. The highest BCUT2D eigenvalue weighted by Gasteiger charge is 2.22. The molecule has 3 nitrogen and oxygen atoms in total. The summed E-state index contributed by atoms with van der Waals surface area (Å²) in [6.07, 6.45) is 0. The third-order valence-corrected chi connectivity index (χ3v) is 4.45. The molecular weight excluding hydrogens is 292 g/mol. The van der Waals surface area contributed by atoms with Crippen molar-refractivity contribution < 1.29 is 5.11 Å². The molecule has 0 bridgehead atoms. The molecule has 1 aliphatic rings. The van der Waals surface area contributed by atoms with Crippen molar-refractivity contribution in [2.45, 2.75) is 13.0 Å². The van der Waals surface area contributed by atoms with Crippen molar-refractivity contribution in [1.29, 1.82) is 0 Å². The van der Waals surface area contributed by atoms with E-state index in [1.807, 2.05) is 0 Å². The summed E-state index contributed by atoms with van der Waals surface area (Å²) in [5, 5.41) is 8.95. The molecule has 2 rings (SSSR count). The summed E-state index contributed by atoms with van der Waals surface area (Å²) in [5.74, 6) is 0. The molecule has 0 aliphatic carbocycles. The van der Waals surface area contributed by atoms with Crippen molar-refractivity contribution in [2.24, 2.45) is 0 Å². The largest absolute Gasteiger partial charge is 0.395 e. The van der Waals surface area contributed by atoms with E-state index in [0.717, 1.165) is 32.7 Å². The van der Waals surface area contributed by atoms with Gasteiger partial charge in [0, 0.05) is 43.2 Å². The summed E-state index contributed by atoms with van der Waals surface area (Å²) in [6, 6.07) is 8.89. The van der Waals surface area contributed by atoms with Crippen molar-refractivity contribution in [1.82, 2.24) is 9.80 Å². The van der Waals surface area contributed by atoms with Gasteiger partial charge in [0.1, 0.15) is 0 Å². The third-order valence-electron chi connectivity index (χ3n) is 3.73. The predicted octanol–water partition coefficient (Wildman–Crippen LogP) is 2.12. The van der Waals surface area contributed by atoms with Gasteiger partial charge in [0.2, 0.25) is 0 Å². The second-order valence-corrected chi connectivity index (χ2v) is 5.65. The molecule has 1 atom stereocenters. The molecule has 1 aromatic rings. The topological polar surface area (TPSA) is 26.7 Å². The maximum atomic E-state index is 8.95. The van der Waals surface area contributed by atoms with E-state index in [1.165, 1.54) is 10.0 Å². The first-order chi connectivity index (χ1) is 8.72. The number of hydrogen-bond acceptors (Lipinski definition) is 3. The summed E-state index contributed by atoms with van der Waals surface area (Å²) in [5.41, 5.74) is 1.35. The van der Waals surface area contributed by atoms with E-state index in [-0.39, 0.29) is 6.61 Å². The van der Waals surface area contributed by atoms with E-state index in [0.29, 0.717) is 6.04 Å². The van der Waals surface area contributed by atoms with E-state index in [2.05, 4.69) is 56.9 Å². The summed E-state index contributed by atoms with van der Waals surface area (Å²) in [4.78, 5) is 4.83. The van der Waals surface area contributed by atoms with Crippen LogP contribution in [0, 0.1) is 0 Å². The van der Waals surface area contributed by atoms with Crippen LogP contribution in [0.4, 0.5) is 0 Å². The van der Waals surface area contributed by atoms with E-state index in [9.17, 15) is 0 Å². The maximum Gasteiger partial charge on any atom is 0.0558 e. The molecule has 0 saturated carbocycles. The van der Waals surface area contributed by atoms with Crippen LogP contribution in [0.2, 0.25) is 0 Å². The van der Waals surface area contributed by atoms with Crippen LogP contribution >= 0.6 is 15.9 Å². The van der Waals surface area contributed by atoms with Gasteiger partial charge in [0.05, 0.1) is 6.61 Å². The number of β-amino-alcohol motifs (C(OH)–C–C–N with tert-alkyl or cyclic N) is 1. The minimum absolute atomic E-state index is 0.264. The number of aliphatic hydroxyl groups is 1. The third kappa shape index (κ3) is 3.32. The van der Waals surface area contributed by atoms with Crippen molar-refractivity contribution >= 4 is 15.9 Å². The molecule has 0 spiro atoms. The average Bonchev–Trinajstić information content (AvgIpc) is 2.40. The summed E-state index contributed by atoms with van der Waals surface area (Å²) in [6.45, 7) is 7.58. The Morgan fingerprint density at radius 2 is 1.89 bits per heavy atom. The summed E-state index contributed by atoms with van der Waals surface area (Å²) < 4.78 is 1.19. The Bertz CT molecular complexity index is 378. The highest BCUT2D eigenvalue weighted by molar-refractivity contribution is 9.10. The Labute approximate surface area is 118 Å². The number of rotatable bonds is 4. The second-order valence-electron chi connectivity index (χ2n) is 4.80. The first-order valence-corrected chi connectivity index (χ1v) is 7.33. The normalized spacial score (nSPS) is 19.9. The van der Waals surface area contributed by atoms with Crippen molar-refractivity contribution in [3.63, 3.8) is 0 Å². The minimum Gasteiger partial charge on any atom is -0.395 e. The standard InChI is InChI=1S/C14H21BrN2O/c1-12(13-4-2-3-5-14(13)15)17-8-6-16(7-9-17)10-11-18/h2-5,12,18H,6-11H2,1H3. The van der Waals surface area contributed by atoms with Crippen LogP contribution < -0.4 is 0 Å². The lowest BCUT2D eigenvalue weighted by molar-refractivity contribution is 0.0886. The summed E-state index contributed by atoms with van der Waals surface area (Å²) >= 11 is 3.63. The van der Waals surface area contributed by atoms with E-state index < -0.39 is 0 Å². The number of nitrogens with zero attached hydrogens (tertiary/aromatic N) is 2. The fourth-order valence-corrected chi connectivity index (χ4v) is 3.14. The van der Waals surface area contributed by atoms with Gasteiger partial charge in [-0.2, -0.15) is 0 Å². The highest BCUT2D eigenvalue weighted by atomic mass is 79.9. The van der Waals surface area contributed by atoms with Gasteiger partial charge in [0.25, 0.3) is 0 Å².